The van der Waals surface area contributed by atoms with Crippen LogP contribution in [0.1, 0.15) is 11.1 Å². The van der Waals surface area contributed by atoms with Crippen LogP contribution in [0.15, 0.2) is 48.5 Å². The van der Waals surface area contributed by atoms with Gasteiger partial charge in [-0.1, -0.05) is 30.3 Å². The van der Waals surface area contributed by atoms with E-state index < -0.39 is 11.0 Å². The molecule has 0 spiro atoms. The zero-order valence-electron chi connectivity index (χ0n) is 14.8. The number of hydrogen-bond donors (Lipinski definition) is 2. The van der Waals surface area contributed by atoms with Gasteiger partial charge in [-0.2, -0.15) is 0 Å². The van der Waals surface area contributed by atoms with Gasteiger partial charge in [0.15, 0.2) is 12.6 Å². The van der Waals surface area contributed by atoms with Gasteiger partial charge in [0.2, 0.25) is 0 Å². The summed E-state index contributed by atoms with van der Waals surface area (Å²) in [5.74, 6) is -0.679. The van der Waals surface area contributed by atoms with Crippen molar-refractivity contribution >= 4 is 23.3 Å². The average Bonchev–Trinajstić information content (AvgIpc) is 2.67. The Kier molecular flexibility index (Phi) is 5.46. The number of fused-ring (bicyclic) bond motifs is 1. The molecule has 3 rings (SSSR count). The van der Waals surface area contributed by atoms with Gasteiger partial charge in [-0.3, -0.25) is 14.9 Å². The Morgan fingerprint density at radius 1 is 1.22 bits per heavy atom. The number of non-ortho nitro benzene ring substituents is 1. The van der Waals surface area contributed by atoms with Gasteiger partial charge < -0.3 is 15.0 Å². The highest BCUT2D eigenvalue weighted by Crippen LogP contribution is 2.17. The summed E-state index contributed by atoms with van der Waals surface area (Å²) >= 11 is 0. The Balaban J connectivity index is 1.74. The molecule has 8 nitrogen and oxygen atoms in total. The van der Waals surface area contributed by atoms with E-state index >= 15 is 0 Å². The lowest BCUT2D eigenvalue weighted by atomic mass is 9.94. The normalized spacial score (nSPS) is 18.3. The van der Waals surface area contributed by atoms with Gasteiger partial charge in [0.25, 0.3) is 11.6 Å². The number of benzene rings is 2. The van der Waals surface area contributed by atoms with E-state index in [0.717, 1.165) is 16.0 Å². The number of amides is 1. The van der Waals surface area contributed by atoms with Crippen molar-refractivity contribution in [3.8, 4) is 0 Å². The van der Waals surface area contributed by atoms with Gasteiger partial charge in [0.1, 0.15) is 6.54 Å². The van der Waals surface area contributed by atoms with E-state index in [0.29, 0.717) is 18.7 Å². The zero-order chi connectivity index (χ0) is 19.4. The Morgan fingerprint density at radius 2 is 1.96 bits per heavy atom. The smallest absolute Gasteiger partial charge is 0.365 e. The van der Waals surface area contributed by atoms with Gasteiger partial charge in [-0.15, -0.1) is 0 Å². The second kappa shape index (κ2) is 7.96. The molecule has 1 amide bonds. The number of carbonyl (C=O) groups excluding carboxylic acids is 2. The molecule has 27 heavy (non-hydrogen) atoms. The maximum atomic E-state index is 12.5. The van der Waals surface area contributed by atoms with Crippen LogP contribution in [0.2, 0.25) is 0 Å². The van der Waals surface area contributed by atoms with Crippen molar-refractivity contribution in [1.29, 1.82) is 0 Å². The number of nitro benzene ring substituents is 1. The van der Waals surface area contributed by atoms with Crippen LogP contribution in [0, 0.1) is 10.1 Å². The van der Waals surface area contributed by atoms with E-state index in [-0.39, 0.29) is 24.1 Å². The van der Waals surface area contributed by atoms with E-state index in [1.807, 2.05) is 24.3 Å². The molecule has 0 saturated heterocycles. The number of quaternary nitrogens is 1. The van der Waals surface area contributed by atoms with E-state index in [1.54, 1.807) is 6.07 Å². The second-order valence-corrected chi connectivity index (χ2v) is 6.42. The SMILES string of the molecule is COC(=O)[C@@H]1Cc2ccccc2C[NH+]1CC(=O)Nc1cccc([N+](=O)[O-])c1. The molecule has 1 aliphatic rings. The minimum absolute atomic E-state index is 0.0524. The first kappa shape index (κ1) is 18.5. The van der Waals surface area contributed by atoms with Crippen molar-refractivity contribution in [1.82, 2.24) is 0 Å². The molecule has 140 valence electrons. The van der Waals surface area contributed by atoms with Crippen LogP contribution in [0.5, 0.6) is 0 Å². The topological polar surface area (TPSA) is 103 Å². The quantitative estimate of drug-likeness (QED) is 0.459. The highest BCUT2D eigenvalue weighted by atomic mass is 16.6. The number of carbonyl (C=O) groups is 2. The maximum absolute atomic E-state index is 12.5. The van der Waals surface area contributed by atoms with E-state index in [4.69, 9.17) is 4.74 Å². The molecule has 0 bridgehead atoms. The van der Waals surface area contributed by atoms with Crippen molar-refractivity contribution in [2.24, 2.45) is 0 Å². The fourth-order valence-corrected chi connectivity index (χ4v) is 3.35. The van der Waals surface area contributed by atoms with E-state index in [1.165, 1.54) is 25.3 Å². The lowest BCUT2D eigenvalue weighted by Crippen LogP contribution is -3.17. The van der Waals surface area contributed by atoms with Crippen LogP contribution < -0.4 is 10.2 Å². The number of rotatable bonds is 5. The standard InChI is InChI=1S/C19H19N3O5/c1-27-19(24)17-9-13-5-2-3-6-14(13)11-21(17)12-18(23)20-15-7-4-8-16(10-15)22(25)26/h2-8,10,17H,9,11-12H2,1H3,(H,20,23)/p+1/t17-/m0/s1. The first-order chi connectivity index (χ1) is 13.0. The third-order valence-electron chi connectivity index (χ3n) is 4.67. The Labute approximate surface area is 155 Å². The molecular formula is C19H20N3O5+. The van der Waals surface area contributed by atoms with Crippen molar-refractivity contribution in [3.05, 3.63) is 69.8 Å². The van der Waals surface area contributed by atoms with Gasteiger partial charge in [0.05, 0.1) is 12.0 Å². The molecule has 2 N–H and O–H groups in total. The van der Waals surface area contributed by atoms with Crippen LogP contribution in [-0.4, -0.2) is 36.5 Å². The fourth-order valence-electron chi connectivity index (χ4n) is 3.35. The molecule has 1 aliphatic heterocycles. The maximum Gasteiger partial charge on any atom is 0.365 e. The molecule has 0 saturated carbocycles. The number of hydrogen-bond acceptors (Lipinski definition) is 5. The molecule has 8 heteroatoms. The first-order valence-corrected chi connectivity index (χ1v) is 8.51. The van der Waals surface area contributed by atoms with Crippen LogP contribution in [-0.2, 0) is 27.3 Å². The van der Waals surface area contributed by atoms with Gasteiger partial charge in [-0.25, -0.2) is 4.79 Å². The predicted molar refractivity (Wildman–Crippen MR) is 97.2 cm³/mol. The zero-order valence-corrected chi connectivity index (χ0v) is 14.8. The fraction of sp³-hybridized carbons (Fsp3) is 0.263. The van der Waals surface area contributed by atoms with Gasteiger partial charge in [0, 0.05) is 29.8 Å². The van der Waals surface area contributed by atoms with Gasteiger partial charge in [-0.05, 0) is 11.6 Å². The lowest BCUT2D eigenvalue weighted by Gasteiger charge is -2.31. The molecule has 1 unspecified atom stereocenters. The number of nitro groups is 1. The number of anilines is 1. The molecular weight excluding hydrogens is 350 g/mol. The van der Waals surface area contributed by atoms with Crippen molar-refractivity contribution < 1.29 is 24.1 Å². The Hall–Kier alpha value is -3.26. The number of esters is 1. The van der Waals surface area contributed by atoms with E-state index in [9.17, 15) is 19.7 Å². The summed E-state index contributed by atoms with van der Waals surface area (Å²) in [6, 6.07) is 13.1. The highest BCUT2D eigenvalue weighted by molar-refractivity contribution is 5.92. The minimum Gasteiger partial charge on any atom is -0.465 e. The summed E-state index contributed by atoms with van der Waals surface area (Å²) in [6.07, 6.45) is 0.502. The lowest BCUT2D eigenvalue weighted by molar-refractivity contribution is -0.924. The molecule has 0 fully saturated rings. The molecule has 2 atom stereocenters. The minimum atomic E-state index is -0.518. The first-order valence-electron chi connectivity index (χ1n) is 8.51. The monoisotopic (exact) mass is 370 g/mol. The van der Waals surface area contributed by atoms with Crippen LogP contribution in [0.4, 0.5) is 11.4 Å². The summed E-state index contributed by atoms with van der Waals surface area (Å²) in [5.41, 5.74) is 2.42. The molecule has 1 heterocycles. The average molecular weight is 370 g/mol. The van der Waals surface area contributed by atoms with Crippen molar-refractivity contribution in [2.45, 2.75) is 19.0 Å². The van der Waals surface area contributed by atoms with Gasteiger partial charge >= 0.3 is 5.97 Å². The van der Waals surface area contributed by atoms with Crippen LogP contribution in [0.25, 0.3) is 0 Å². The molecule has 0 aromatic heterocycles. The Morgan fingerprint density at radius 3 is 2.67 bits per heavy atom. The van der Waals surface area contributed by atoms with Crippen LogP contribution >= 0.6 is 0 Å². The molecule has 0 radical (unpaired) electrons. The summed E-state index contributed by atoms with van der Waals surface area (Å²) in [7, 11) is 1.34. The highest BCUT2D eigenvalue weighted by Gasteiger charge is 2.37. The van der Waals surface area contributed by atoms with Crippen molar-refractivity contribution in [3.63, 3.8) is 0 Å². The Bertz CT molecular complexity index is 883. The summed E-state index contributed by atoms with van der Waals surface area (Å²) in [5, 5.41) is 13.5. The van der Waals surface area contributed by atoms with Crippen LogP contribution in [0.3, 0.4) is 0 Å². The largest absolute Gasteiger partial charge is 0.465 e. The number of nitrogens with one attached hydrogen (secondary N) is 2. The third kappa shape index (κ3) is 4.29. The number of methoxy groups -OCH3 is 1. The summed E-state index contributed by atoms with van der Waals surface area (Å²) < 4.78 is 4.91. The molecule has 2 aromatic carbocycles. The second-order valence-electron chi connectivity index (χ2n) is 6.42. The molecule has 2 aromatic rings. The third-order valence-corrected chi connectivity index (χ3v) is 4.67. The summed E-state index contributed by atoms with van der Waals surface area (Å²) in [6.45, 7) is 0.578. The molecule has 0 aliphatic carbocycles. The summed E-state index contributed by atoms with van der Waals surface area (Å²) in [4.78, 5) is 35.8. The van der Waals surface area contributed by atoms with E-state index in [2.05, 4.69) is 5.32 Å². The number of nitrogens with zero attached hydrogens (tertiary/aromatic N) is 1. The number of ether oxygens (including phenoxy) is 1. The van der Waals surface area contributed by atoms with Crippen molar-refractivity contribution in [2.75, 3.05) is 19.0 Å². The predicted octanol–water partition coefficient (Wildman–Crippen LogP) is 0.716.